The molecule has 0 saturated heterocycles. The van der Waals surface area contributed by atoms with E-state index in [0.29, 0.717) is 23.8 Å². The lowest BCUT2D eigenvalue weighted by atomic mass is 10.2. The summed E-state index contributed by atoms with van der Waals surface area (Å²) in [5, 5.41) is 1.06. The van der Waals surface area contributed by atoms with Gasteiger partial charge in [0.1, 0.15) is 12.3 Å². The van der Waals surface area contributed by atoms with E-state index in [1.165, 1.54) is 0 Å². The van der Waals surface area contributed by atoms with Crippen molar-refractivity contribution in [3.8, 4) is 5.75 Å². The zero-order chi connectivity index (χ0) is 19.2. The van der Waals surface area contributed by atoms with Crippen LogP contribution in [0.4, 0.5) is 0 Å². The van der Waals surface area contributed by atoms with Crippen LogP contribution in [0, 0.1) is 5.92 Å². The summed E-state index contributed by atoms with van der Waals surface area (Å²) < 4.78 is 7.51. The molecular weight excluding hydrogens is 342 g/mol. The molecule has 0 bridgehead atoms. The summed E-state index contributed by atoms with van der Waals surface area (Å²) in [6.45, 7) is 4.69. The number of aromatic nitrogens is 1. The molecule has 0 unspecified atom stereocenters. The Morgan fingerprint density at radius 2 is 1.74 bits per heavy atom. The Bertz CT molecular complexity index is 947. The summed E-state index contributed by atoms with van der Waals surface area (Å²) in [4.78, 5) is 24.6. The van der Waals surface area contributed by atoms with Gasteiger partial charge in [-0.2, -0.15) is 0 Å². The number of fused-ring (bicyclic) bond motifs is 1. The van der Waals surface area contributed by atoms with Crippen molar-refractivity contribution < 1.29 is 14.3 Å². The first-order valence-electron chi connectivity index (χ1n) is 8.89. The molecule has 3 rings (SSSR count). The van der Waals surface area contributed by atoms with E-state index >= 15 is 0 Å². The highest BCUT2D eigenvalue weighted by Crippen LogP contribution is 2.18. The van der Waals surface area contributed by atoms with Gasteiger partial charge >= 0.3 is 0 Å². The van der Waals surface area contributed by atoms with Crippen LogP contribution in [0.3, 0.4) is 0 Å². The molecule has 0 spiro atoms. The predicted octanol–water partition coefficient (Wildman–Crippen LogP) is 3.14. The molecule has 0 aliphatic heterocycles. The van der Waals surface area contributed by atoms with Crippen molar-refractivity contribution in [3.63, 3.8) is 0 Å². The van der Waals surface area contributed by atoms with Crippen molar-refractivity contribution in [2.45, 2.75) is 20.4 Å². The van der Waals surface area contributed by atoms with Gasteiger partial charge in [-0.15, -0.1) is 0 Å². The van der Waals surface area contributed by atoms with E-state index in [1.54, 1.807) is 18.2 Å². The zero-order valence-corrected chi connectivity index (χ0v) is 15.4. The maximum Gasteiger partial charge on any atom is 0.273 e. The Morgan fingerprint density at radius 1 is 1.00 bits per heavy atom. The van der Waals surface area contributed by atoms with Crippen LogP contribution in [-0.2, 0) is 11.3 Å². The van der Waals surface area contributed by atoms with E-state index in [-0.39, 0.29) is 12.5 Å². The van der Waals surface area contributed by atoms with Gasteiger partial charge in [-0.1, -0.05) is 44.2 Å². The number of ether oxygens (including phenoxy) is 1. The lowest BCUT2D eigenvalue weighted by Gasteiger charge is -2.13. The Labute approximate surface area is 158 Å². The minimum Gasteiger partial charge on any atom is -0.492 e. The van der Waals surface area contributed by atoms with Crippen LogP contribution >= 0.6 is 0 Å². The monoisotopic (exact) mass is 365 g/mol. The fourth-order valence-corrected chi connectivity index (χ4v) is 2.70. The Kier molecular flexibility index (Phi) is 5.76. The third-order valence-corrected chi connectivity index (χ3v) is 4.01. The van der Waals surface area contributed by atoms with E-state index in [9.17, 15) is 9.59 Å². The van der Waals surface area contributed by atoms with Crippen LogP contribution in [0.1, 0.15) is 24.2 Å². The van der Waals surface area contributed by atoms with Crippen molar-refractivity contribution in [1.29, 1.82) is 0 Å². The fourth-order valence-electron chi connectivity index (χ4n) is 2.70. The van der Waals surface area contributed by atoms with Crippen LogP contribution < -0.4 is 15.6 Å². The molecule has 0 fully saturated rings. The van der Waals surface area contributed by atoms with Crippen LogP contribution in [0.25, 0.3) is 10.9 Å². The van der Waals surface area contributed by atoms with Gasteiger partial charge < -0.3 is 9.30 Å². The quantitative estimate of drug-likeness (QED) is 0.659. The van der Waals surface area contributed by atoms with E-state index in [1.807, 2.05) is 61.0 Å². The molecule has 0 saturated carbocycles. The smallest absolute Gasteiger partial charge is 0.273 e. The largest absolute Gasteiger partial charge is 0.492 e. The van der Waals surface area contributed by atoms with E-state index in [0.717, 1.165) is 10.9 Å². The topological polar surface area (TPSA) is 72.4 Å². The van der Waals surface area contributed by atoms with Gasteiger partial charge in [-0.05, 0) is 35.6 Å². The Hall–Kier alpha value is -3.28. The maximum absolute atomic E-state index is 12.4. The molecule has 0 aliphatic carbocycles. The molecule has 2 N–H and O–H groups in total. The first-order valence-corrected chi connectivity index (χ1v) is 8.89. The number of benzene rings is 2. The van der Waals surface area contributed by atoms with E-state index in [2.05, 4.69) is 10.9 Å². The molecule has 140 valence electrons. The molecule has 1 aromatic heterocycles. The Morgan fingerprint density at radius 3 is 2.56 bits per heavy atom. The standard InChI is InChI=1S/C21H23N3O3/c1-15(2)14-27-19-10-6-4-8-17(19)21(26)23-22-20(25)13-24-12-11-16-7-3-5-9-18(16)24/h3-12,15H,13-14H2,1-2H3,(H,22,25)(H,23,26). The second-order valence-electron chi connectivity index (χ2n) is 6.71. The van der Waals surface area contributed by atoms with Crippen LogP contribution in [0.2, 0.25) is 0 Å². The average Bonchev–Trinajstić information content (AvgIpc) is 3.07. The number of carbonyl (C=O) groups excluding carboxylic acids is 2. The molecule has 2 aromatic carbocycles. The molecular formula is C21H23N3O3. The summed E-state index contributed by atoms with van der Waals surface area (Å²) >= 11 is 0. The molecule has 6 heteroatoms. The highest BCUT2D eigenvalue weighted by molar-refractivity contribution is 5.97. The Balaban J connectivity index is 1.60. The first-order chi connectivity index (χ1) is 13.0. The summed E-state index contributed by atoms with van der Waals surface area (Å²) in [5.41, 5.74) is 6.26. The van der Waals surface area contributed by atoms with Crippen molar-refractivity contribution in [2.24, 2.45) is 5.92 Å². The van der Waals surface area contributed by atoms with Gasteiger partial charge in [0.2, 0.25) is 0 Å². The summed E-state index contributed by atoms with van der Waals surface area (Å²) in [5.74, 6) is 0.108. The minimum absolute atomic E-state index is 0.110. The number of para-hydroxylation sites is 2. The highest BCUT2D eigenvalue weighted by Gasteiger charge is 2.14. The molecule has 0 atom stereocenters. The number of hydrazine groups is 1. The summed E-state index contributed by atoms with van der Waals surface area (Å²) in [6, 6.07) is 16.7. The SMILES string of the molecule is CC(C)COc1ccccc1C(=O)NNC(=O)Cn1ccc2ccccc21. The van der Waals surface area contributed by atoms with Crippen LogP contribution in [0.15, 0.2) is 60.8 Å². The first kappa shape index (κ1) is 18.5. The average molecular weight is 365 g/mol. The highest BCUT2D eigenvalue weighted by atomic mass is 16.5. The van der Waals surface area contributed by atoms with Crippen molar-refractivity contribution in [3.05, 3.63) is 66.4 Å². The summed E-state index contributed by atoms with van der Waals surface area (Å²) in [7, 11) is 0. The number of hydrogen-bond acceptors (Lipinski definition) is 3. The van der Waals surface area contributed by atoms with Gasteiger partial charge in [0.25, 0.3) is 11.8 Å². The van der Waals surface area contributed by atoms with E-state index < -0.39 is 5.91 Å². The number of nitrogens with one attached hydrogen (secondary N) is 2. The molecule has 6 nitrogen and oxygen atoms in total. The zero-order valence-electron chi connectivity index (χ0n) is 15.4. The van der Waals surface area contributed by atoms with Crippen LogP contribution in [0.5, 0.6) is 5.75 Å². The number of hydrogen-bond donors (Lipinski definition) is 2. The molecule has 0 radical (unpaired) electrons. The lowest BCUT2D eigenvalue weighted by molar-refractivity contribution is -0.122. The number of carbonyl (C=O) groups is 2. The van der Waals surface area contributed by atoms with Gasteiger partial charge in [-0.3, -0.25) is 20.4 Å². The third kappa shape index (κ3) is 4.67. The van der Waals surface area contributed by atoms with Gasteiger partial charge in [0.05, 0.1) is 12.2 Å². The van der Waals surface area contributed by atoms with Gasteiger partial charge in [-0.25, -0.2) is 0 Å². The van der Waals surface area contributed by atoms with Gasteiger partial charge in [0.15, 0.2) is 0 Å². The van der Waals surface area contributed by atoms with E-state index in [4.69, 9.17) is 4.74 Å². The number of nitrogens with zero attached hydrogens (tertiary/aromatic N) is 1. The number of amides is 2. The third-order valence-electron chi connectivity index (χ3n) is 4.01. The molecule has 0 aliphatic rings. The molecule has 3 aromatic rings. The van der Waals surface area contributed by atoms with Crippen molar-refractivity contribution in [2.75, 3.05) is 6.61 Å². The fraction of sp³-hybridized carbons (Fsp3) is 0.238. The maximum atomic E-state index is 12.4. The molecule has 2 amide bonds. The second-order valence-corrected chi connectivity index (χ2v) is 6.71. The predicted molar refractivity (Wildman–Crippen MR) is 104 cm³/mol. The minimum atomic E-state index is -0.417. The number of rotatable bonds is 6. The molecule has 1 heterocycles. The lowest BCUT2D eigenvalue weighted by Crippen LogP contribution is -2.43. The van der Waals surface area contributed by atoms with Gasteiger partial charge in [0, 0.05) is 11.7 Å². The van der Waals surface area contributed by atoms with Crippen molar-refractivity contribution >= 4 is 22.7 Å². The molecule has 27 heavy (non-hydrogen) atoms. The second kappa shape index (κ2) is 8.40. The van der Waals surface area contributed by atoms with Crippen molar-refractivity contribution in [1.82, 2.24) is 15.4 Å². The normalized spacial score (nSPS) is 10.8. The van der Waals surface area contributed by atoms with Crippen LogP contribution in [-0.4, -0.2) is 23.0 Å². The summed E-state index contributed by atoms with van der Waals surface area (Å²) in [6.07, 6.45) is 1.85.